The third-order valence-electron chi connectivity index (χ3n) is 8.39. The molecule has 0 radical (unpaired) electrons. The molecule has 0 saturated carbocycles. The predicted octanol–water partition coefficient (Wildman–Crippen LogP) is 10.5. The van der Waals surface area contributed by atoms with Crippen LogP contribution in [-0.2, 0) is 44.9 Å². The van der Waals surface area contributed by atoms with Crippen LogP contribution in [0.15, 0.2) is 95.7 Å². The van der Waals surface area contributed by atoms with Gasteiger partial charge < -0.3 is 20.4 Å². The van der Waals surface area contributed by atoms with Crippen molar-refractivity contribution in [3.8, 4) is 61.3 Å². The molecule has 0 aliphatic carbocycles. The number of aliphatic carboxylic acids is 4. The number of carboxylic acids is 4. The molecule has 0 fully saturated rings. The first-order valence-corrected chi connectivity index (χ1v) is 20.3. The SMILES string of the molecule is O=C(O)Cc1ccsc1-c1ccc(-c2sc(-c3ccc(-c4cc(CC(=O)O)c(-c5ccc(-c6sccc6CC(=O)O)cc5)s4)s3)cc2CC(=O)O)cc1. The fourth-order valence-corrected chi connectivity index (χ4v) is 11.5. The molecule has 0 aliphatic rings. The molecule has 13 heteroatoms. The maximum absolute atomic E-state index is 11.9. The van der Waals surface area contributed by atoms with Crippen molar-refractivity contribution < 1.29 is 39.6 Å². The molecule has 266 valence electrons. The molecule has 0 spiro atoms. The van der Waals surface area contributed by atoms with Gasteiger partial charge in [-0.25, -0.2) is 0 Å². The molecule has 0 saturated heterocycles. The Kier molecular flexibility index (Phi) is 10.5. The second-order valence-electron chi connectivity index (χ2n) is 12.1. The molecule has 53 heavy (non-hydrogen) atoms. The van der Waals surface area contributed by atoms with E-state index in [2.05, 4.69) is 0 Å². The Morgan fingerprint density at radius 2 is 0.698 bits per heavy atom. The van der Waals surface area contributed by atoms with E-state index in [1.807, 2.05) is 95.7 Å². The van der Waals surface area contributed by atoms with E-state index in [-0.39, 0.29) is 25.7 Å². The summed E-state index contributed by atoms with van der Waals surface area (Å²) in [6.45, 7) is 0. The number of hydrogen-bond donors (Lipinski definition) is 4. The molecule has 7 rings (SSSR count). The van der Waals surface area contributed by atoms with Gasteiger partial charge in [0, 0.05) is 39.0 Å². The summed E-state index contributed by atoms with van der Waals surface area (Å²) in [4.78, 5) is 53.7. The van der Waals surface area contributed by atoms with E-state index in [0.717, 1.165) is 72.4 Å². The highest BCUT2D eigenvalue weighted by Gasteiger charge is 2.20. The summed E-state index contributed by atoms with van der Waals surface area (Å²) in [5.41, 5.74) is 6.46. The average Bonchev–Trinajstić information content (AvgIpc) is 3.95. The van der Waals surface area contributed by atoms with E-state index >= 15 is 0 Å². The molecular formula is C40H28O8S5. The first kappa shape index (κ1) is 36.2. The van der Waals surface area contributed by atoms with Crippen LogP contribution < -0.4 is 0 Å². The first-order valence-electron chi connectivity index (χ1n) is 16.1. The summed E-state index contributed by atoms with van der Waals surface area (Å²) < 4.78 is 0. The molecule has 0 bridgehead atoms. The van der Waals surface area contributed by atoms with E-state index in [1.165, 1.54) is 45.3 Å². The predicted molar refractivity (Wildman–Crippen MR) is 214 cm³/mol. The Labute approximate surface area is 323 Å². The van der Waals surface area contributed by atoms with Crippen molar-refractivity contribution in [2.24, 2.45) is 0 Å². The normalized spacial score (nSPS) is 11.2. The van der Waals surface area contributed by atoms with E-state index < -0.39 is 23.9 Å². The second kappa shape index (κ2) is 15.4. The lowest BCUT2D eigenvalue weighted by Crippen LogP contribution is -2.00. The number of thiophene rings is 5. The molecule has 4 N–H and O–H groups in total. The van der Waals surface area contributed by atoms with E-state index in [1.54, 1.807) is 11.3 Å². The van der Waals surface area contributed by atoms with Gasteiger partial charge >= 0.3 is 23.9 Å². The Morgan fingerprint density at radius 3 is 1.04 bits per heavy atom. The zero-order valence-electron chi connectivity index (χ0n) is 27.5. The molecule has 2 aromatic carbocycles. The lowest BCUT2D eigenvalue weighted by molar-refractivity contribution is -0.137. The van der Waals surface area contributed by atoms with Crippen molar-refractivity contribution in [3.05, 3.63) is 118 Å². The van der Waals surface area contributed by atoms with Gasteiger partial charge in [0.25, 0.3) is 0 Å². The lowest BCUT2D eigenvalue weighted by Gasteiger charge is -2.06. The zero-order chi connectivity index (χ0) is 37.2. The maximum Gasteiger partial charge on any atom is 0.307 e. The summed E-state index contributed by atoms with van der Waals surface area (Å²) in [7, 11) is 0. The van der Waals surface area contributed by atoms with Crippen molar-refractivity contribution in [1.82, 2.24) is 0 Å². The molecule has 0 atom stereocenters. The Morgan fingerprint density at radius 1 is 0.377 bits per heavy atom. The molecule has 0 aliphatic heterocycles. The van der Waals surface area contributed by atoms with Gasteiger partial charge in [0.2, 0.25) is 0 Å². The molecular weight excluding hydrogens is 769 g/mol. The van der Waals surface area contributed by atoms with Gasteiger partial charge in [0.1, 0.15) is 0 Å². The van der Waals surface area contributed by atoms with Gasteiger partial charge in [-0.15, -0.1) is 56.7 Å². The molecule has 8 nitrogen and oxygen atoms in total. The second-order valence-corrected chi connectivity index (χ2v) is 17.1. The Bertz CT molecular complexity index is 2300. The van der Waals surface area contributed by atoms with Gasteiger partial charge in [-0.05, 0) is 91.7 Å². The van der Waals surface area contributed by atoms with Crippen LogP contribution in [0.1, 0.15) is 22.3 Å². The van der Waals surface area contributed by atoms with E-state index in [0.29, 0.717) is 11.1 Å². The van der Waals surface area contributed by atoms with Crippen molar-refractivity contribution in [2.45, 2.75) is 25.7 Å². The minimum absolute atomic E-state index is 0.0601. The van der Waals surface area contributed by atoms with Crippen LogP contribution in [0.2, 0.25) is 0 Å². The van der Waals surface area contributed by atoms with Crippen molar-refractivity contribution in [2.75, 3.05) is 0 Å². The summed E-state index contributed by atoms with van der Waals surface area (Å²) in [6.07, 6.45) is -0.401. The largest absolute Gasteiger partial charge is 0.481 e. The Balaban J connectivity index is 1.18. The molecule has 5 aromatic heterocycles. The number of rotatable bonds is 14. The van der Waals surface area contributed by atoms with Crippen LogP contribution >= 0.6 is 56.7 Å². The van der Waals surface area contributed by atoms with Crippen molar-refractivity contribution >= 4 is 80.6 Å². The minimum Gasteiger partial charge on any atom is -0.481 e. The monoisotopic (exact) mass is 796 g/mol. The highest BCUT2D eigenvalue weighted by atomic mass is 32.1. The van der Waals surface area contributed by atoms with Crippen LogP contribution in [-0.4, -0.2) is 44.3 Å². The summed E-state index contributed by atoms with van der Waals surface area (Å²) in [5.74, 6) is -3.65. The highest BCUT2D eigenvalue weighted by molar-refractivity contribution is 7.28. The quantitative estimate of drug-likeness (QED) is 0.0850. The van der Waals surface area contributed by atoms with Gasteiger partial charge in [0.15, 0.2) is 0 Å². The summed E-state index contributed by atoms with van der Waals surface area (Å²) in [6, 6.07) is 27.0. The van der Waals surface area contributed by atoms with Crippen molar-refractivity contribution in [3.63, 3.8) is 0 Å². The van der Waals surface area contributed by atoms with E-state index in [9.17, 15) is 39.6 Å². The maximum atomic E-state index is 11.9. The lowest BCUT2D eigenvalue weighted by atomic mass is 10.0. The van der Waals surface area contributed by atoms with Crippen LogP contribution in [0.25, 0.3) is 61.3 Å². The third kappa shape index (κ3) is 8.09. The zero-order valence-corrected chi connectivity index (χ0v) is 31.6. The topological polar surface area (TPSA) is 149 Å². The number of carboxylic acid groups (broad SMARTS) is 4. The molecule has 0 unspecified atom stereocenters. The third-order valence-corrected chi connectivity index (χ3v) is 14.3. The van der Waals surface area contributed by atoms with Crippen LogP contribution in [0, 0.1) is 0 Å². The van der Waals surface area contributed by atoms with Crippen LogP contribution in [0.3, 0.4) is 0 Å². The smallest absolute Gasteiger partial charge is 0.307 e. The molecule has 5 heterocycles. The molecule has 7 aromatic rings. The fraction of sp³-hybridized carbons (Fsp3) is 0.100. The number of carbonyl (C=O) groups is 4. The van der Waals surface area contributed by atoms with Gasteiger partial charge in [0.05, 0.1) is 25.7 Å². The van der Waals surface area contributed by atoms with Gasteiger partial charge in [-0.3, -0.25) is 19.2 Å². The van der Waals surface area contributed by atoms with Gasteiger partial charge in [-0.2, -0.15) is 0 Å². The average molecular weight is 797 g/mol. The van der Waals surface area contributed by atoms with Crippen molar-refractivity contribution in [1.29, 1.82) is 0 Å². The van der Waals surface area contributed by atoms with E-state index in [4.69, 9.17) is 0 Å². The fourth-order valence-electron chi connectivity index (χ4n) is 6.11. The van der Waals surface area contributed by atoms with Crippen LogP contribution in [0.5, 0.6) is 0 Å². The standard InChI is InChI=1S/C40H28O8S5/c41-33(42)17-25-11-13-49-37(25)21-1-5-23(6-2-21)39-27(19-35(45)46)15-31(52-39)29-9-10-30(51-29)32-16-28(20-36(47)48)40(53-32)24-7-3-22(4-8-24)38-26(12-14-50-38)18-34(43)44/h1-16H,17-20H2,(H,41,42)(H,43,44)(H,45,46)(H,47,48). The molecule has 0 amide bonds. The highest BCUT2D eigenvalue weighted by Crippen LogP contribution is 2.46. The first-order chi connectivity index (χ1) is 25.5. The van der Waals surface area contributed by atoms with Crippen LogP contribution in [0.4, 0.5) is 0 Å². The number of benzene rings is 2. The number of hydrogen-bond acceptors (Lipinski definition) is 9. The van der Waals surface area contributed by atoms with Gasteiger partial charge in [-0.1, -0.05) is 48.5 Å². The summed E-state index contributed by atoms with van der Waals surface area (Å²) in [5, 5.41) is 41.8. The Hall–Kier alpha value is -5.18. The summed E-state index contributed by atoms with van der Waals surface area (Å²) >= 11 is 7.56. The minimum atomic E-state index is -0.933.